The molecule has 8 nitrogen and oxygen atoms in total. The zero-order chi connectivity index (χ0) is 29.2. The maximum absolute atomic E-state index is 12.8. The molecule has 0 aliphatic heterocycles. The molecule has 0 spiro atoms. The highest BCUT2D eigenvalue weighted by molar-refractivity contribution is 6.74. The van der Waals surface area contributed by atoms with Crippen LogP contribution in [-0.4, -0.2) is 76.7 Å². The molecule has 38 heavy (non-hydrogen) atoms. The van der Waals surface area contributed by atoms with Crippen molar-refractivity contribution in [2.45, 2.75) is 121 Å². The summed E-state index contributed by atoms with van der Waals surface area (Å²) in [6.07, 6.45) is -4.31. The van der Waals surface area contributed by atoms with Gasteiger partial charge in [0.15, 0.2) is 22.2 Å². The maximum atomic E-state index is 12.8. The number of rotatable bonds is 10. The summed E-state index contributed by atoms with van der Waals surface area (Å²) in [6.45, 7) is 21.4. The first kappa shape index (κ1) is 33.1. The van der Waals surface area contributed by atoms with E-state index in [-0.39, 0.29) is 23.3 Å². The normalized spacial score (nSPS) is 27.3. The third kappa shape index (κ3) is 7.54. The van der Waals surface area contributed by atoms with Crippen LogP contribution in [0.1, 0.15) is 53.5 Å². The quantitative estimate of drug-likeness (QED) is 0.175. The lowest BCUT2D eigenvalue weighted by molar-refractivity contribution is -0.249. The second-order valence-corrected chi connectivity index (χ2v) is 22.9. The number of aliphatic hydroxyl groups excluding tert-OH is 1. The molecule has 2 N–H and O–H groups in total. The van der Waals surface area contributed by atoms with E-state index in [0.29, 0.717) is 6.61 Å². The van der Waals surface area contributed by atoms with E-state index < -0.39 is 52.6 Å². The molecule has 1 aliphatic rings. The van der Waals surface area contributed by atoms with Crippen molar-refractivity contribution in [2.75, 3.05) is 13.9 Å². The highest BCUT2D eigenvalue weighted by Crippen LogP contribution is 2.45. The van der Waals surface area contributed by atoms with E-state index in [2.05, 4.69) is 67.7 Å². The summed E-state index contributed by atoms with van der Waals surface area (Å²) in [6, 6.07) is 9.66. The van der Waals surface area contributed by atoms with Crippen LogP contribution >= 0.6 is 0 Å². The standard InChI is InChI=1S/C28H50O8Si2/c1-26(2,3)37(8,9)35-21-17-28(31,25(30)32-7)24(29)23(22(21)36-38(10,11)27(4,5)6)34-19-33-18-20-15-13-12-14-16-20/h12-16,21-24,29,31H,17-19H2,1-11H3/t21-,22+,23-,24+,28-/m1/s1. The fourth-order valence-electron chi connectivity index (χ4n) is 3.96. The van der Waals surface area contributed by atoms with Crippen molar-refractivity contribution in [3.05, 3.63) is 35.9 Å². The van der Waals surface area contributed by atoms with Gasteiger partial charge in [-0.1, -0.05) is 71.9 Å². The predicted molar refractivity (Wildman–Crippen MR) is 153 cm³/mol. The van der Waals surface area contributed by atoms with Gasteiger partial charge in [0.1, 0.15) is 19.0 Å². The number of methoxy groups -OCH3 is 1. The van der Waals surface area contributed by atoms with Gasteiger partial charge in [0.25, 0.3) is 0 Å². The zero-order valence-electron chi connectivity index (χ0n) is 25.2. The first-order valence-corrected chi connectivity index (χ1v) is 19.2. The second-order valence-electron chi connectivity index (χ2n) is 13.4. The van der Waals surface area contributed by atoms with Gasteiger partial charge in [0, 0.05) is 6.42 Å². The van der Waals surface area contributed by atoms with E-state index in [1.165, 1.54) is 7.11 Å². The van der Waals surface area contributed by atoms with Crippen molar-refractivity contribution >= 4 is 22.6 Å². The zero-order valence-corrected chi connectivity index (χ0v) is 27.2. The molecule has 0 bridgehead atoms. The van der Waals surface area contributed by atoms with Gasteiger partial charge in [-0.25, -0.2) is 4.79 Å². The molecule has 1 saturated carbocycles. The van der Waals surface area contributed by atoms with Gasteiger partial charge >= 0.3 is 5.97 Å². The lowest BCUT2D eigenvalue weighted by Crippen LogP contribution is -2.70. The molecule has 1 aliphatic carbocycles. The molecule has 1 aromatic rings. The molecular formula is C28H50O8Si2. The van der Waals surface area contributed by atoms with Crippen LogP contribution in [-0.2, 0) is 34.5 Å². The molecular weight excluding hydrogens is 520 g/mol. The van der Waals surface area contributed by atoms with E-state index in [0.717, 1.165) is 5.56 Å². The van der Waals surface area contributed by atoms with Gasteiger partial charge in [-0.15, -0.1) is 0 Å². The van der Waals surface area contributed by atoms with Crippen LogP contribution < -0.4 is 0 Å². The molecule has 0 amide bonds. The highest BCUT2D eigenvalue weighted by atomic mass is 28.4. The molecule has 0 heterocycles. The van der Waals surface area contributed by atoms with Crippen LogP contribution in [0.2, 0.25) is 36.3 Å². The minimum atomic E-state index is -2.40. The Morgan fingerprint density at radius 2 is 1.47 bits per heavy atom. The van der Waals surface area contributed by atoms with E-state index in [1.54, 1.807) is 0 Å². The predicted octanol–water partition coefficient (Wildman–Crippen LogP) is 5.00. The molecule has 0 aromatic heterocycles. The number of esters is 1. The van der Waals surface area contributed by atoms with Gasteiger partial charge in [0.05, 0.1) is 25.9 Å². The molecule has 0 radical (unpaired) electrons. The van der Waals surface area contributed by atoms with Crippen LogP contribution in [0.3, 0.4) is 0 Å². The van der Waals surface area contributed by atoms with E-state index >= 15 is 0 Å². The third-order valence-corrected chi connectivity index (χ3v) is 17.5. The van der Waals surface area contributed by atoms with Crippen LogP contribution in [0, 0.1) is 0 Å². The van der Waals surface area contributed by atoms with Crippen molar-refractivity contribution < 1.29 is 38.1 Å². The maximum Gasteiger partial charge on any atom is 0.340 e. The average Bonchev–Trinajstić information content (AvgIpc) is 2.79. The molecule has 1 fully saturated rings. The monoisotopic (exact) mass is 570 g/mol. The number of aliphatic hydroxyl groups is 2. The summed E-state index contributed by atoms with van der Waals surface area (Å²) in [4.78, 5) is 12.8. The minimum Gasteiger partial charge on any atom is -0.467 e. The van der Waals surface area contributed by atoms with Gasteiger partial charge in [0.2, 0.25) is 0 Å². The van der Waals surface area contributed by atoms with Crippen LogP contribution in [0.15, 0.2) is 30.3 Å². The van der Waals surface area contributed by atoms with Gasteiger partial charge in [-0.2, -0.15) is 0 Å². The summed E-state index contributed by atoms with van der Waals surface area (Å²) in [7, 11) is -3.61. The SMILES string of the molecule is COC(=O)[C@@]1(O)C[C@@H](O[Si](C)(C)C(C)(C)C)[C@H](O[Si](C)(C)C(C)(C)C)[C@@H](OCOCc2ccccc2)[C@@H]1O. The fourth-order valence-corrected chi connectivity index (χ4v) is 6.61. The molecule has 10 heteroatoms. The Labute approximate surface area is 231 Å². The average molecular weight is 571 g/mol. The highest BCUT2D eigenvalue weighted by Gasteiger charge is 2.61. The lowest BCUT2D eigenvalue weighted by atomic mass is 9.77. The summed E-state index contributed by atoms with van der Waals surface area (Å²) in [5.41, 5.74) is -1.25. The van der Waals surface area contributed by atoms with Crippen molar-refractivity contribution in [1.82, 2.24) is 0 Å². The van der Waals surface area contributed by atoms with Crippen molar-refractivity contribution in [1.29, 1.82) is 0 Å². The Balaban J connectivity index is 2.46. The Hall–Kier alpha value is -1.12. The van der Waals surface area contributed by atoms with Gasteiger partial charge in [-0.05, 0) is 41.8 Å². The third-order valence-electron chi connectivity index (χ3n) is 8.49. The molecule has 2 rings (SSSR count). The second kappa shape index (κ2) is 12.2. The topological polar surface area (TPSA) is 104 Å². The fraction of sp³-hybridized carbons (Fsp3) is 0.750. The van der Waals surface area contributed by atoms with E-state index in [1.807, 2.05) is 30.3 Å². The summed E-state index contributed by atoms with van der Waals surface area (Å²) in [5, 5.41) is 22.6. The smallest absolute Gasteiger partial charge is 0.340 e. The van der Waals surface area contributed by atoms with Gasteiger partial charge in [-0.3, -0.25) is 0 Å². The number of carbonyl (C=O) groups excluding carboxylic acids is 1. The lowest BCUT2D eigenvalue weighted by Gasteiger charge is -2.53. The number of benzene rings is 1. The number of ether oxygens (including phenoxy) is 3. The molecule has 5 atom stereocenters. The van der Waals surface area contributed by atoms with Crippen molar-refractivity contribution in [3.8, 4) is 0 Å². The Morgan fingerprint density at radius 3 is 1.97 bits per heavy atom. The summed E-state index contributed by atoms with van der Waals surface area (Å²) < 4.78 is 30.4. The molecule has 0 saturated heterocycles. The Morgan fingerprint density at radius 1 is 0.947 bits per heavy atom. The van der Waals surface area contributed by atoms with E-state index in [9.17, 15) is 15.0 Å². The molecule has 1 aromatic carbocycles. The van der Waals surface area contributed by atoms with Crippen molar-refractivity contribution in [2.24, 2.45) is 0 Å². The first-order chi connectivity index (χ1) is 17.3. The number of hydrogen-bond acceptors (Lipinski definition) is 8. The molecule has 0 unspecified atom stereocenters. The van der Waals surface area contributed by atoms with E-state index in [4.69, 9.17) is 23.1 Å². The van der Waals surface area contributed by atoms with Crippen LogP contribution in [0.5, 0.6) is 0 Å². The van der Waals surface area contributed by atoms with Crippen molar-refractivity contribution in [3.63, 3.8) is 0 Å². The van der Waals surface area contributed by atoms with Gasteiger partial charge < -0.3 is 33.3 Å². The minimum absolute atomic E-state index is 0.135. The Bertz CT molecular complexity index is 910. The first-order valence-electron chi connectivity index (χ1n) is 13.3. The summed E-state index contributed by atoms with van der Waals surface area (Å²) >= 11 is 0. The largest absolute Gasteiger partial charge is 0.467 e. The molecule has 218 valence electrons. The number of carbonyl (C=O) groups is 1. The number of hydrogen-bond donors (Lipinski definition) is 2. The Kier molecular flexibility index (Phi) is 10.6. The summed E-state index contributed by atoms with van der Waals surface area (Å²) in [5.74, 6) is -0.932. The van der Waals surface area contributed by atoms with Crippen LogP contribution in [0.25, 0.3) is 0 Å². The van der Waals surface area contributed by atoms with Crippen LogP contribution in [0.4, 0.5) is 0 Å².